The number of unbranched alkanes of at least 4 members (excludes halogenated alkanes) is 1. The van der Waals surface area contributed by atoms with Crippen LogP contribution in [0.1, 0.15) is 43.0 Å². The van der Waals surface area contributed by atoms with Crippen LogP contribution in [0.3, 0.4) is 0 Å². The highest BCUT2D eigenvalue weighted by molar-refractivity contribution is 7.82. The minimum absolute atomic E-state index is 0.0182. The van der Waals surface area contributed by atoms with Gasteiger partial charge in [0.15, 0.2) is 5.75 Å². The maximum atomic E-state index is 12.7. The summed E-state index contributed by atoms with van der Waals surface area (Å²) in [6.45, 7) is 2.33. The predicted octanol–water partition coefficient (Wildman–Crippen LogP) is 5.11. The minimum Gasteiger partial charge on any atom is -0.478 e. The topological polar surface area (TPSA) is 92.9 Å². The number of halogens is 3. The molecule has 2 aromatic carbocycles. The Morgan fingerprint density at radius 3 is 2.35 bits per heavy atom. The van der Waals surface area contributed by atoms with E-state index in [9.17, 15) is 27.3 Å². The van der Waals surface area contributed by atoms with Crippen LogP contribution in [0.2, 0.25) is 0 Å². The molecule has 0 spiro atoms. The number of ether oxygens (including phenoxy) is 1. The Balaban J connectivity index is 2.56. The van der Waals surface area contributed by atoms with Crippen LogP contribution in [-0.4, -0.2) is 34.6 Å². The third-order valence-electron chi connectivity index (χ3n) is 4.47. The second-order valence-electron chi connectivity index (χ2n) is 6.90. The summed E-state index contributed by atoms with van der Waals surface area (Å²) < 4.78 is 56.2. The molecule has 10 heteroatoms. The number of aromatic carboxylic acids is 1. The van der Waals surface area contributed by atoms with E-state index in [1.807, 2.05) is 6.92 Å². The molecule has 0 aromatic heterocycles. The van der Waals surface area contributed by atoms with Crippen molar-refractivity contribution in [2.24, 2.45) is 5.14 Å². The van der Waals surface area contributed by atoms with Crippen molar-refractivity contribution in [3.05, 3.63) is 48.0 Å². The number of anilines is 1. The van der Waals surface area contributed by atoms with Crippen molar-refractivity contribution in [1.82, 2.24) is 0 Å². The number of carboxylic acid groups (broad SMARTS) is 1. The van der Waals surface area contributed by atoms with Gasteiger partial charge < -0.3 is 14.7 Å². The Labute approximate surface area is 181 Å². The smallest absolute Gasteiger partial charge is 0.389 e. The number of rotatable bonds is 11. The van der Waals surface area contributed by atoms with Gasteiger partial charge in [0.1, 0.15) is 16.7 Å². The van der Waals surface area contributed by atoms with Gasteiger partial charge in [-0.2, -0.15) is 13.2 Å². The van der Waals surface area contributed by atoms with Crippen LogP contribution < -0.4 is 14.8 Å². The Morgan fingerprint density at radius 2 is 1.81 bits per heavy atom. The first kappa shape index (κ1) is 24.7. The molecule has 6 nitrogen and oxygen atoms in total. The summed E-state index contributed by atoms with van der Waals surface area (Å²) in [5.74, 6) is -0.811. The standard InChI is InChI=1S/C21H25F3N2O4S/c1-2-3-11-26(12-7-10-21(22,23)24)17-13-15(20(27)28)14-18(31(25)29)19(17)30-16-8-5-4-6-9-16/h4-6,8-9,13-14H,2-3,7,10-12,25H2,1H3,(H,27,28). The molecule has 0 radical (unpaired) electrons. The summed E-state index contributed by atoms with van der Waals surface area (Å²) in [7, 11) is -2.09. The lowest BCUT2D eigenvalue weighted by Gasteiger charge is -2.28. The number of hydrogen-bond donors (Lipinski definition) is 2. The summed E-state index contributed by atoms with van der Waals surface area (Å²) in [6, 6.07) is 11.0. The van der Waals surface area contributed by atoms with E-state index in [4.69, 9.17) is 9.88 Å². The molecule has 0 saturated carbocycles. The number of carboxylic acids is 1. The normalized spacial score (nSPS) is 12.4. The molecule has 2 aromatic rings. The number of para-hydroxylation sites is 1. The van der Waals surface area contributed by atoms with Crippen LogP contribution in [0.5, 0.6) is 11.5 Å². The third kappa shape index (κ3) is 7.55. The van der Waals surface area contributed by atoms with E-state index < -0.39 is 29.6 Å². The predicted molar refractivity (Wildman–Crippen MR) is 113 cm³/mol. The number of nitrogens with zero attached hydrogens (tertiary/aromatic N) is 1. The molecule has 0 bridgehead atoms. The quantitative estimate of drug-likeness (QED) is 0.488. The number of nitrogens with two attached hydrogens (primary N) is 1. The lowest BCUT2D eigenvalue weighted by molar-refractivity contribution is -0.135. The molecule has 170 valence electrons. The Bertz CT molecular complexity index is 907. The van der Waals surface area contributed by atoms with Crippen LogP contribution in [0.15, 0.2) is 47.4 Å². The largest absolute Gasteiger partial charge is 0.478 e. The SMILES string of the molecule is CCCCN(CCCC(F)(F)F)c1cc(C(=O)O)cc(S(N)=O)c1Oc1ccccc1. The van der Waals surface area contributed by atoms with Crippen LogP contribution >= 0.6 is 0 Å². The lowest BCUT2D eigenvalue weighted by Crippen LogP contribution is -2.28. The fourth-order valence-electron chi connectivity index (χ4n) is 2.98. The van der Waals surface area contributed by atoms with Gasteiger partial charge in [-0.05, 0) is 37.1 Å². The molecular formula is C21H25F3N2O4S. The van der Waals surface area contributed by atoms with Crippen molar-refractivity contribution in [3.8, 4) is 11.5 Å². The first-order valence-electron chi connectivity index (χ1n) is 9.74. The first-order chi connectivity index (χ1) is 14.6. The summed E-state index contributed by atoms with van der Waals surface area (Å²) in [5.41, 5.74) is 0.0645. The van der Waals surface area contributed by atoms with E-state index >= 15 is 0 Å². The highest BCUT2D eigenvalue weighted by atomic mass is 32.2. The van der Waals surface area contributed by atoms with E-state index in [0.717, 1.165) is 12.5 Å². The zero-order valence-corrected chi connectivity index (χ0v) is 17.8. The Morgan fingerprint density at radius 1 is 1.16 bits per heavy atom. The molecule has 0 fully saturated rings. The molecule has 1 unspecified atom stereocenters. The van der Waals surface area contributed by atoms with E-state index in [1.165, 1.54) is 6.07 Å². The molecule has 0 amide bonds. The monoisotopic (exact) mass is 458 g/mol. The van der Waals surface area contributed by atoms with Gasteiger partial charge in [-0.1, -0.05) is 31.5 Å². The first-order valence-corrected chi connectivity index (χ1v) is 11.0. The second kappa shape index (κ2) is 11.1. The van der Waals surface area contributed by atoms with Gasteiger partial charge in [0.25, 0.3) is 0 Å². The maximum Gasteiger partial charge on any atom is 0.389 e. The van der Waals surface area contributed by atoms with Crippen LogP contribution in [0.4, 0.5) is 18.9 Å². The molecule has 0 heterocycles. The van der Waals surface area contributed by atoms with E-state index in [2.05, 4.69) is 0 Å². The summed E-state index contributed by atoms with van der Waals surface area (Å²) in [4.78, 5) is 13.2. The zero-order valence-electron chi connectivity index (χ0n) is 17.0. The van der Waals surface area contributed by atoms with E-state index in [-0.39, 0.29) is 34.9 Å². The van der Waals surface area contributed by atoms with Gasteiger partial charge in [0.2, 0.25) is 0 Å². The van der Waals surface area contributed by atoms with E-state index in [0.29, 0.717) is 18.7 Å². The molecule has 31 heavy (non-hydrogen) atoms. The molecule has 0 aliphatic heterocycles. The van der Waals surface area contributed by atoms with Crippen molar-refractivity contribution >= 4 is 22.6 Å². The molecule has 1 atom stereocenters. The number of benzene rings is 2. The van der Waals surface area contributed by atoms with Gasteiger partial charge in [0.05, 0.1) is 16.1 Å². The third-order valence-corrected chi connectivity index (χ3v) is 5.21. The number of alkyl halides is 3. The molecule has 0 aliphatic rings. The van der Waals surface area contributed by atoms with Crippen molar-refractivity contribution in [1.29, 1.82) is 0 Å². The van der Waals surface area contributed by atoms with Gasteiger partial charge in [-0.15, -0.1) is 0 Å². The van der Waals surface area contributed by atoms with Gasteiger partial charge in [-0.25, -0.2) is 14.1 Å². The van der Waals surface area contributed by atoms with Crippen molar-refractivity contribution in [3.63, 3.8) is 0 Å². The van der Waals surface area contributed by atoms with Gasteiger partial charge in [0, 0.05) is 19.5 Å². The van der Waals surface area contributed by atoms with Crippen LogP contribution in [0.25, 0.3) is 0 Å². The highest BCUT2D eigenvalue weighted by Gasteiger charge is 2.28. The zero-order chi connectivity index (χ0) is 23.0. The van der Waals surface area contributed by atoms with Gasteiger partial charge in [-0.3, -0.25) is 0 Å². The second-order valence-corrected chi connectivity index (χ2v) is 7.93. The Hall–Kier alpha value is -2.59. The minimum atomic E-state index is -4.30. The molecule has 2 rings (SSSR count). The molecular weight excluding hydrogens is 433 g/mol. The van der Waals surface area contributed by atoms with Crippen molar-refractivity contribution in [2.75, 3.05) is 18.0 Å². The molecule has 3 N–H and O–H groups in total. The Kier molecular flexibility index (Phi) is 8.88. The lowest BCUT2D eigenvalue weighted by atomic mass is 10.1. The summed E-state index contributed by atoms with van der Waals surface area (Å²) in [6.07, 6.45) is -4.02. The van der Waals surface area contributed by atoms with E-state index in [1.54, 1.807) is 35.2 Å². The average molecular weight is 459 g/mol. The number of carbonyl (C=O) groups is 1. The molecule has 0 aliphatic carbocycles. The van der Waals surface area contributed by atoms with Crippen molar-refractivity contribution < 1.29 is 32.0 Å². The van der Waals surface area contributed by atoms with Crippen LogP contribution in [0, 0.1) is 0 Å². The fourth-order valence-corrected chi connectivity index (χ4v) is 3.55. The fraction of sp³-hybridized carbons (Fsp3) is 0.381. The van der Waals surface area contributed by atoms with Crippen LogP contribution in [-0.2, 0) is 11.0 Å². The maximum absolute atomic E-state index is 12.7. The highest BCUT2D eigenvalue weighted by Crippen LogP contribution is 2.39. The van der Waals surface area contributed by atoms with Crippen molar-refractivity contribution in [2.45, 2.75) is 43.7 Å². The van der Waals surface area contributed by atoms with Gasteiger partial charge >= 0.3 is 12.1 Å². The molecule has 0 saturated heterocycles. The summed E-state index contributed by atoms with van der Waals surface area (Å²) in [5, 5.41) is 15.1. The average Bonchev–Trinajstić information content (AvgIpc) is 2.70. The number of hydrogen-bond acceptors (Lipinski definition) is 4. The summed E-state index contributed by atoms with van der Waals surface area (Å²) >= 11 is 0.